The van der Waals surface area contributed by atoms with Crippen molar-refractivity contribution in [2.45, 2.75) is 19.3 Å². The maximum atomic E-state index is 12.0. The first-order valence-electron chi connectivity index (χ1n) is 8.35. The Kier molecular flexibility index (Phi) is 5.59. The van der Waals surface area contributed by atoms with Gasteiger partial charge in [0.05, 0.1) is 6.54 Å². The molecule has 0 unspecified atom stereocenters. The van der Waals surface area contributed by atoms with Gasteiger partial charge in [-0.1, -0.05) is 11.6 Å². The van der Waals surface area contributed by atoms with Crippen molar-refractivity contribution in [1.82, 2.24) is 0 Å². The summed E-state index contributed by atoms with van der Waals surface area (Å²) in [5.41, 5.74) is 2.94. The minimum absolute atomic E-state index is 0.0857. The molecule has 126 valence electrons. The maximum Gasteiger partial charge on any atom is 0.243 e. The molecule has 5 heteroatoms. The van der Waals surface area contributed by atoms with Crippen LogP contribution < -0.4 is 15.5 Å². The van der Waals surface area contributed by atoms with Crippen molar-refractivity contribution in [3.63, 3.8) is 0 Å². The molecular weight excluding hydrogens is 322 g/mol. The van der Waals surface area contributed by atoms with Gasteiger partial charge in [-0.3, -0.25) is 4.79 Å². The van der Waals surface area contributed by atoms with Crippen LogP contribution in [0.5, 0.6) is 0 Å². The smallest absolute Gasteiger partial charge is 0.243 e. The van der Waals surface area contributed by atoms with E-state index >= 15 is 0 Å². The van der Waals surface area contributed by atoms with Crippen molar-refractivity contribution in [3.8, 4) is 0 Å². The fraction of sp³-hybridized carbons (Fsp3) is 0.316. The number of carbonyl (C=O) groups is 1. The van der Waals surface area contributed by atoms with E-state index in [0.717, 1.165) is 24.5 Å². The normalized spacial score (nSPS) is 14.3. The highest BCUT2D eigenvalue weighted by molar-refractivity contribution is 6.30. The Balaban J connectivity index is 1.49. The molecule has 0 aliphatic carbocycles. The Hall–Kier alpha value is -2.20. The number of nitrogens with one attached hydrogen (secondary N) is 2. The highest BCUT2D eigenvalue weighted by Crippen LogP contribution is 2.21. The first-order chi connectivity index (χ1) is 11.7. The molecule has 2 aromatic rings. The molecule has 1 amide bonds. The van der Waals surface area contributed by atoms with Crippen molar-refractivity contribution in [3.05, 3.63) is 53.6 Å². The number of hydrogen-bond acceptors (Lipinski definition) is 3. The summed E-state index contributed by atoms with van der Waals surface area (Å²) < 4.78 is 0. The lowest BCUT2D eigenvalue weighted by Gasteiger charge is -2.28. The molecular formula is C19H22ClN3O. The molecule has 0 aromatic heterocycles. The van der Waals surface area contributed by atoms with Crippen molar-refractivity contribution in [2.24, 2.45) is 0 Å². The molecule has 3 rings (SSSR count). The number of piperidine rings is 1. The van der Waals surface area contributed by atoms with Crippen molar-refractivity contribution < 1.29 is 4.79 Å². The predicted octanol–water partition coefficient (Wildman–Crippen LogP) is 4.38. The number of hydrogen-bond donors (Lipinski definition) is 2. The van der Waals surface area contributed by atoms with Crippen LogP contribution in [-0.4, -0.2) is 25.5 Å². The van der Waals surface area contributed by atoms with Crippen LogP contribution in [0.4, 0.5) is 17.1 Å². The molecule has 0 atom stereocenters. The quantitative estimate of drug-likeness (QED) is 0.846. The summed E-state index contributed by atoms with van der Waals surface area (Å²) in [7, 11) is 0. The van der Waals surface area contributed by atoms with Gasteiger partial charge in [0, 0.05) is 35.2 Å². The number of anilines is 3. The molecule has 4 nitrogen and oxygen atoms in total. The van der Waals surface area contributed by atoms with Gasteiger partial charge in [0.1, 0.15) is 0 Å². The van der Waals surface area contributed by atoms with Gasteiger partial charge >= 0.3 is 0 Å². The van der Waals surface area contributed by atoms with Crippen LogP contribution >= 0.6 is 11.6 Å². The molecule has 1 saturated heterocycles. The third-order valence-electron chi connectivity index (χ3n) is 4.17. The van der Waals surface area contributed by atoms with E-state index < -0.39 is 0 Å². The predicted molar refractivity (Wildman–Crippen MR) is 101 cm³/mol. The summed E-state index contributed by atoms with van der Waals surface area (Å²) in [5, 5.41) is 6.64. The Bertz CT molecular complexity index is 664. The van der Waals surface area contributed by atoms with Crippen molar-refractivity contribution in [2.75, 3.05) is 35.2 Å². The summed E-state index contributed by atoms with van der Waals surface area (Å²) in [4.78, 5) is 14.4. The topological polar surface area (TPSA) is 44.4 Å². The van der Waals surface area contributed by atoms with E-state index in [-0.39, 0.29) is 12.5 Å². The van der Waals surface area contributed by atoms with E-state index in [4.69, 9.17) is 11.6 Å². The van der Waals surface area contributed by atoms with E-state index in [0.29, 0.717) is 5.02 Å². The number of rotatable bonds is 5. The van der Waals surface area contributed by atoms with E-state index in [1.807, 2.05) is 12.1 Å². The Morgan fingerprint density at radius 3 is 2.21 bits per heavy atom. The minimum atomic E-state index is -0.0857. The Morgan fingerprint density at radius 2 is 1.54 bits per heavy atom. The summed E-state index contributed by atoms with van der Waals surface area (Å²) in [6.07, 6.45) is 3.87. The van der Waals surface area contributed by atoms with E-state index in [1.54, 1.807) is 24.3 Å². The monoisotopic (exact) mass is 343 g/mol. The lowest BCUT2D eigenvalue weighted by molar-refractivity contribution is -0.114. The second kappa shape index (κ2) is 8.06. The van der Waals surface area contributed by atoms with E-state index in [9.17, 15) is 4.79 Å². The standard InChI is InChI=1S/C19H22ClN3O/c20-15-4-6-17(7-5-15)22-19(24)14-21-16-8-10-18(11-9-16)23-12-2-1-3-13-23/h4-11,21H,1-3,12-14H2,(H,22,24). The van der Waals surface area contributed by atoms with Gasteiger partial charge in [0.25, 0.3) is 0 Å². The van der Waals surface area contributed by atoms with Gasteiger partial charge in [-0.2, -0.15) is 0 Å². The zero-order valence-corrected chi connectivity index (χ0v) is 14.4. The lowest BCUT2D eigenvalue weighted by atomic mass is 10.1. The van der Waals surface area contributed by atoms with Gasteiger partial charge in [-0.05, 0) is 67.8 Å². The lowest BCUT2D eigenvalue weighted by Crippen LogP contribution is -2.29. The Morgan fingerprint density at radius 1 is 0.917 bits per heavy atom. The zero-order chi connectivity index (χ0) is 16.8. The van der Waals surface area contributed by atoms with Crippen LogP contribution in [0, 0.1) is 0 Å². The van der Waals surface area contributed by atoms with Gasteiger partial charge in [-0.15, -0.1) is 0 Å². The number of amides is 1. The van der Waals surface area contributed by atoms with Crippen LogP contribution in [-0.2, 0) is 4.79 Å². The fourth-order valence-corrected chi connectivity index (χ4v) is 2.99. The highest BCUT2D eigenvalue weighted by atomic mass is 35.5. The summed E-state index contributed by atoms with van der Waals surface area (Å²) >= 11 is 5.83. The first-order valence-corrected chi connectivity index (χ1v) is 8.73. The van der Waals surface area contributed by atoms with Crippen molar-refractivity contribution in [1.29, 1.82) is 0 Å². The molecule has 1 fully saturated rings. The second-order valence-corrected chi connectivity index (χ2v) is 6.44. The third-order valence-corrected chi connectivity index (χ3v) is 4.42. The summed E-state index contributed by atoms with van der Waals surface area (Å²) in [6, 6.07) is 15.4. The minimum Gasteiger partial charge on any atom is -0.376 e. The van der Waals surface area contributed by atoms with Gasteiger partial charge in [0.2, 0.25) is 5.91 Å². The number of benzene rings is 2. The van der Waals surface area contributed by atoms with Gasteiger partial charge in [-0.25, -0.2) is 0 Å². The molecule has 0 saturated carbocycles. The maximum absolute atomic E-state index is 12.0. The fourth-order valence-electron chi connectivity index (χ4n) is 2.86. The number of carbonyl (C=O) groups excluding carboxylic acids is 1. The largest absolute Gasteiger partial charge is 0.376 e. The average Bonchev–Trinajstić information content (AvgIpc) is 2.63. The van der Waals surface area contributed by atoms with Crippen LogP contribution in [0.15, 0.2) is 48.5 Å². The van der Waals surface area contributed by atoms with E-state index in [2.05, 4.69) is 27.7 Å². The molecule has 1 heterocycles. The summed E-state index contributed by atoms with van der Waals surface area (Å²) in [5.74, 6) is -0.0857. The highest BCUT2D eigenvalue weighted by Gasteiger charge is 2.10. The molecule has 0 radical (unpaired) electrons. The average molecular weight is 344 g/mol. The summed E-state index contributed by atoms with van der Waals surface area (Å²) in [6.45, 7) is 2.50. The Labute approximate surface area is 147 Å². The third kappa shape index (κ3) is 4.65. The van der Waals surface area contributed by atoms with Crippen LogP contribution in [0.3, 0.4) is 0 Å². The van der Waals surface area contributed by atoms with Crippen LogP contribution in [0.2, 0.25) is 5.02 Å². The molecule has 1 aliphatic heterocycles. The number of nitrogens with zero attached hydrogens (tertiary/aromatic N) is 1. The molecule has 1 aliphatic rings. The molecule has 2 aromatic carbocycles. The number of halogens is 1. The van der Waals surface area contributed by atoms with Gasteiger partial charge in [0.15, 0.2) is 0 Å². The molecule has 0 spiro atoms. The molecule has 2 N–H and O–H groups in total. The van der Waals surface area contributed by atoms with Crippen LogP contribution in [0.25, 0.3) is 0 Å². The van der Waals surface area contributed by atoms with Crippen molar-refractivity contribution >= 4 is 34.6 Å². The first kappa shape index (κ1) is 16.7. The second-order valence-electron chi connectivity index (χ2n) is 6.00. The SMILES string of the molecule is O=C(CNc1ccc(N2CCCCC2)cc1)Nc1ccc(Cl)cc1. The van der Waals surface area contributed by atoms with Gasteiger partial charge < -0.3 is 15.5 Å². The van der Waals surface area contributed by atoms with Crippen LogP contribution in [0.1, 0.15) is 19.3 Å². The molecule has 0 bridgehead atoms. The zero-order valence-electron chi connectivity index (χ0n) is 13.6. The van der Waals surface area contributed by atoms with E-state index in [1.165, 1.54) is 24.9 Å². The molecule has 24 heavy (non-hydrogen) atoms.